The number of pyridine rings is 1. The van der Waals surface area contributed by atoms with Crippen LogP contribution in [-0.4, -0.2) is 25.0 Å². The average Bonchev–Trinajstić information content (AvgIpc) is 3.58. The van der Waals surface area contributed by atoms with E-state index < -0.39 is 26.8 Å². The molecule has 2 heterocycles. The fraction of sp³-hybridized carbons (Fsp3) is 0.571. The SMILES string of the molecule is NS(=O)(=NC(=O)Nc1c2c(nc(C3CC3)c1C1CC1)CCC2)c1nn(C2CC2)cc1F. The largest absolute Gasteiger partial charge is 0.354 e. The number of urea groups is 1. The second kappa shape index (κ2) is 6.83. The van der Waals surface area contributed by atoms with E-state index in [1.807, 2.05) is 0 Å². The number of hydrogen-bond donors (Lipinski definition) is 2. The summed E-state index contributed by atoms with van der Waals surface area (Å²) >= 11 is 0. The van der Waals surface area contributed by atoms with Gasteiger partial charge in [0, 0.05) is 22.9 Å². The average molecular weight is 445 g/mol. The highest BCUT2D eigenvalue weighted by Crippen LogP contribution is 2.53. The van der Waals surface area contributed by atoms with Crippen LogP contribution < -0.4 is 10.5 Å². The van der Waals surface area contributed by atoms with Crippen molar-refractivity contribution in [2.45, 2.75) is 80.7 Å². The number of anilines is 1. The maximum Gasteiger partial charge on any atom is 0.354 e. The van der Waals surface area contributed by atoms with Gasteiger partial charge in [-0.25, -0.2) is 18.5 Å². The lowest BCUT2D eigenvalue weighted by Crippen LogP contribution is -2.20. The second-order valence-electron chi connectivity index (χ2n) is 9.20. The topological polar surface area (TPSA) is 115 Å². The van der Waals surface area contributed by atoms with Gasteiger partial charge in [-0.1, -0.05) is 0 Å². The van der Waals surface area contributed by atoms with Crippen LogP contribution in [0.25, 0.3) is 0 Å². The van der Waals surface area contributed by atoms with E-state index in [1.54, 1.807) is 0 Å². The van der Waals surface area contributed by atoms with Gasteiger partial charge in [-0.05, 0) is 69.3 Å². The molecule has 10 heteroatoms. The Balaban J connectivity index is 1.36. The van der Waals surface area contributed by atoms with Crippen LogP contribution in [0.1, 0.15) is 85.3 Å². The highest BCUT2D eigenvalue weighted by molar-refractivity contribution is 7.91. The Labute approximate surface area is 180 Å². The van der Waals surface area contributed by atoms with Crippen molar-refractivity contribution in [3.8, 4) is 0 Å². The Morgan fingerprint density at radius 3 is 2.61 bits per heavy atom. The Morgan fingerprint density at radius 2 is 1.94 bits per heavy atom. The zero-order valence-corrected chi connectivity index (χ0v) is 18.0. The Morgan fingerprint density at radius 1 is 1.19 bits per heavy atom. The van der Waals surface area contributed by atoms with E-state index in [1.165, 1.54) is 10.9 Å². The third-order valence-electron chi connectivity index (χ3n) is 6.55. The minimum absolute atomic E-state index is 0.105. The second-order valence-corrected chi connectivity index (χ2v) is 10.9. The number of nitrogens with one attached hydrogen (secondary N) is 1. The number of halogens is 1. The number of nitrogens with two attached hydrogens (primary N) is 1. The summed E-state index contributed by atoms with van der Waals surface area (Å²) in [6.45, 7) is 0. The third-order valence-corrected chi connectivity index (χ3v) is 7.81. The molecule has 0 bridgehead atoms. The molecule has 0 aromatic carbocycles. The number of carbonyl (C=O) groups excluding carboxylic acids is 1. The number of amides is 2. The molecule has 2 amide bonds. The first-order chi connectivity index (χ1) is 14.9. The normalized spacial score (nSPS) is 22.1. The molecule has 0 saturated heterocycles. The Hall–Kier alpha value is -2.33. The number of nitrogens with zero attached hydrogens (tertiary/aromatic N) is 4. The lowest BCUT2D eigenvalue weighted by atomic mass is 9.98. The van der Waals surface area contributed by atoms with Crippen LogP contribution in [0, 0.1) is 5.82 Å². The summed E-state index contributed by atoms with van der Waals surface area (Å²) in [5.41, 5.74) is 5.12. The minimum atomic E-state index is -3.80. The molecule has 1 unspecified atom stereocenters. The summed E-state index contributed by atoms with van der Waals surface area (Å²) in [6, 6.07) is -0.717. The maximum atomic E-state index is 14.3. The summed E-state index contributed by atoms with van der Waals surface area (Å²) < 4.78 is 32.4. The van der Waals surface area contributed by atoms with Gasteiger partial charge in [0.15, 0.2) is 15.7 Å². The van der Waals surface area contributed by atoms with Gasteiger partial charge in [-0.3, -0.25) is 9.67 Å². The highest BCUT2D eigenvalue weighted by Gasteiger charge is 2.38. The molecule has 4 aliphatic rings. The van der Waals surface area contributed by atoms with E-state index in [2.05, 4.69) is 14.8 Å². The van der Waals surface area contributed by atoms with Crippen LogP contribution >= 0.6 is 0 Å². The molecule has 2 aromatic rings. The van der Waals surface area contributed by atoms with Crippen LogP contribution in [0.4, 0.5) is 14.9 Å². The van der Waals surface area contributed by atoms with Crippen LogP contribution in [0.2, 0.25) is 0 Å². The van der Waals surface area contributed by atoms with E-state index >= 15 is 0 Å². The maximum absolute atomic E-state index is 14.3. The van der Waals surface area contributed by atoms with Gasteiger partial charge in [0.05, 0.1) is 17.9 Å². The zero-order chi connectivity index (χ0) is 21.3. The zero-order valence-electron chi connectivity index (χ0n) is 17.1. The van der Waals surface area contributed by atoms with Gasteiger partial charge in [0.25, 0.3) is 0 Å². The number of aromatic nitrogens is 3. The van der Waals surface area contributed by atoms with Crippen molar-refractivity contribution in [1.82, 2.24) is 14.8 Å². The van der Waals surface area contributed by atoms with E-state index in [-0.39, 0.29) is 6.04 Å². The standard InChI is InChI=1S/C21H25FN6O2S/c22-15-10-28(13-8-9-13)26-20(15)31(23,30)27-21(29)25-19-14-2-1-3-16(14)24-18(12-6-7-12)17(19)11-4-5-11/h10-13H,1-9H2,(H3,23,24,25,27,29,30). The van der Waals surface area contributed by atoms with Crippen molar-refractivity contribution in [2.24, 2.45) is 9.50 Å². The Kier molecular flexibility index (Phi) is 4.27. The number of carbonyl (C=O) groups is 1. The fourth-order valence-electron chi connectivity index (χ4n) is 4.59. The predicted octanol–water partition coefficient (Wildman–Crippen LogP) is 3.93. The smallest absolute Gasteiger partial charge is 0.305 e. The van der Waals surface area contributed by atoms with Crippen LogP contribution in [0.15, 0.2) is 15.6 Å². The molecule has 4 aliphatic carbocycles. The number of fused-ring (bicyclic) bond motifs is 1. The minimum Gasteiger partial charge on any atom is -0.305 e. The summed E-state index contributed by atoms with van der Waals surface area (Å²) in [5.74, 6) is 0.0713. The lowest BCUT2D eigenvalue weighted by molar-refractivity contribution is 0.260. The number of hydrogen-bond acceptors (Lipinski definition) is 4. The van der Waals surface area contributed by atoms with Crippen LogP contribution in [0.5, 0.6) is 0 Å². The van der Waals surface area contributed by atoms with E-state index in [0.717, 1.165) is 86.0 Å². The molecule has 3 N–H and O–H groups in total. The number of aryl methyl sites for hydroxylation is 1. The number of rotatable bonds is 5. The first-order valence-corrected chi connectivity index (χ1v) is 12.6. The van der Waals surface area contributed by atoms with Crippen molar-refractivity contribution in [2.75, 3.05) is 5.32 Å². The van der Waals surface area contributed by atoms with Crippen molar-refractivity contribution in [3.63, 3.8) is 0 Å². The molecular weight excluding hydrogens is 419 g/mol. The van der Waals surface area contributed by atoms with Crippen molar-refractivity contribution in [3.05, 3.63) is 34.5 Å². The summed E-state index contributed by atoms with van der Waals surface area (Å²) in [6.07, 6.45) is 10.1. The summed E-state index contributed by atoms with van der Waals surface area (Å²) in [4.78, 5) is 17.8. The lowest BCUT2D eigenvalue weighted by Gasteiger charge is -2.18. The van der Waals surface area contributed by atoms with Crippen molar-refractivity contribution in [1.29, 1.82) is 0 Å². The molecule has 0 spiro atoms. The molecule has 1 atom stereocenters. The van der Waals surface area contributed by atoms with Gasteiger partial charge >= 0.3 is 6.03 Å². The predicted molar refractivity (Wildman–Crippen MR) is 113 cm³/mol. The first-order valence-electron chi connectivity index (χ1n) is 11.1. The quantitative estimate of drug-likeness (QED) is 0.727. The van der Waals surface area contributed by atoms with Crippen molar-refractivity contribution >= 4 is 21.6 Å². The molecular formula is C21H25FN6O2S. The molecule has 0 aliphatic heterocycles. The molecule has 6 rings (SSSR count). The summed E-state index contributed by atoms with van der Waals surface area (Å²) in [7, 11) is -3.80. The van der Waals surface area contributed by atoms with Crippen molar-refractivity contribution < 1.29 is 13.4 Å². The monoisotopic (exact) mass is 444 g/mol. The van der Waals surface area contributed by atoms with E-state index in [9.17, 15) is 13.4 Å². The van der Waals surface area contributed by atoms with Gasteiger partial charge in [0.2, 0.25) is 5.03 Å². The van der Waals surface area contributed by atoms with Gasteiger partial charge in [-0.15, -0.1) is 4.36 Å². The molecule has 31 heavy (non-hydrogen) atoms. The molecule has 0 radical (unpaired) electrons. The van der Waals surface area contributed by atoms with Crippen LogP contribution in [0.3, 0.4) is 0 Å². The van der Waals surface area contributed by atoms with Crippen LogP contribution in [-0.2, 0) is 22.8 Å². The molecule has 164 valence electrons. The summed E-state index contributed by atoms with van der Waals surface area (Å²) in [5, 5.41) is 12.2. The fourth-order valence-corrected chi connectivity index (χ4v) is 5.51. The molecule has 3 fully saturated rings. The highest BCUT2D eigenvalue weighted by atomic mass is 32.2. The third kappa shape index (κ3) is 3.55. The molecule has 2 aromatic heterocycles. The Bertz CT molecular complexity index is 1220. The van der Waals surface area contributed by atoms with E-state index in [0.29, 0.717) is 11.8 Å². The molecule has 8 nitrogen and oxygen atoms in total. The molecule has 3 saturated carbocycles. The van der Waals surface area contributed by atoms with Gasteiger partial charge < -0.3 is 5.32 Å². The van der Waals surface area contributed by atoms with Gasteiger partial charge in [-0.2, -0.15) is 5.10 Å². The van der Waals surface area contributed by atoms with Gasteiger partial charge in [0.1, 0.15) is 0 Å². The van der Waals surface area contributed by atoms with E-state index in [4.69, 9.17) is 10.1 Å². The first kappa shape index (κ1) is 19.4.